The molecule has 2 heterocycles. The minimum absolute atomic E-state index is 0.0204. The predicted octanol–water partition coefficient (Wildman–Crippen LogP) is 3.76. The number of halogens is 1. The Kier molecular flexibility index (Phi) is 4.08. The van der Waals surface area contributed by atoms with Crippen LogP contribution in [0.2, 0.25) is 5.02 Å². The molecule has 0 saturated carbocycles. The summed E-state index contributed by atoms with van der Waals surface area (Å²) >= 11 is 5.95. The number of rotatable bonds is 4. The maximum absolute atomic E-state index is 10.9. The molecular weight excluding hydrogens is 364 g/mol. The maximum atomic E-state index is 10.9. The topological polar surface area (TPSA) is 117 Å². The van der Waals surface area contributed by atoms with E-state index in [1.54, 1.807) is 28.9 Å². The third kappa shape index (κ3) is 2.92. The molecular formula is C19H17ClN6O. The van der Waals surface area contributed by atoms with Crippen molar-refractivity contribution in [2.24, 2.45) is 5.73 Å². The van der Waals surface area contributed by atoms with Crippen molar-refractivity contribution in [1.29, 1.82) is 5.41 Å². The van der Waals surface area contributed by atoms with Gasteiger partial charge in [0, 0.05) is 22.7 Å². The van der Waals surface area contributed by atoms with Crippen molar-refractivity contribution in [3.05, 3.63) is 53.1 Å². The molecule has 4 rings (SSSR count). The molecule has 0 aliphatic rings. The Labute approximate surface area is 159 Å². The van der Waals surface area contributed by atoms with Crippen molar-refractivity contribution >= 4 is 28.5 Å². The lowest BCUT2D eigenvalue weighted by Crippen LogP contribution is -2.10. The third-order valence-electron chi connectivity index (χ3n) is 4.36. The number of nitrogens with zero attached hydrogens (tertiary/aromatic N) is 3. The first-order chi connectivity index (χ1) is 13.0. The van der Waals surface area contributed by atoms with Crippen LogP contribution in [0.5, 0.6) is 5.75 Å². The van der Waals surface area contributed by atoms with E-state index in [1.165, 1.54) is 0 Å². The second-order valence-electron chi connectivity index (χ2n) is 6.10. The number of amidine groups is 1. The summed E-state index contributed by atoms with van der Waals surface area (Å²) < 4.78 is 1.70. The van der Waals surface area contributed by atoms with E-state index in [-0.39, 0.29) is 11.6 Å². The number of aromatic nitrogens is 4. The van der Waals surface area contributed by atoms with Crippen LogP contribution < -0.4 is 5.73 Å². The highest BCUT2D eigenvalue weighted by molar-refractivity contribution is 6.30. The van der Waals surface area contributed by atoms with Crippen molar-refractivity contribution < 1.29 is 5.11 Å². The summed E-state index contributed by atoms with van der Waals surface area (Å²) in [6, 6.07) is 12.4. The van der Waals surface area contributed by atoms with Crippen LogP contribution in [0, 0.1) is 5.41 Å². The number of H-pyrrole nitrogens is 1. The minimum Gasteiger partial charge on any atom is -0.504 e. The van der Waals surface area contributed by atoms with Gasteiger partial charge in [-0.3, -0.25) is 10.1 Å². The van der Waals surface area contributed by atoms with Crippen molar-refractivity contribution in [2.75, 3.05) is 0 Å². The molecule has 0 aliphatic carbocycles. The fourth-order valence-electron chi connectivity index (χ4n) is 3.00. The number of imidazole rings is 1. The highest BCUT2D eigenvalue weighted by atomic mass is 35.5. The average molecular weight is 381 g/mol. The normalized spacial score (nSPS) is 11.2. The summed E-state index contributed by atoms with van der Waals surface area (Å²) in [7, 11) is 0. The lowest BCUT2D eigenvalue weighted by atomic mass is 10.1. The predicted molar refractivity (Wildman–Crippen MR) is 106 cm³/mol. The first-order valence-electron chi connectivity index (χ1n) is 8.38. The number of fused-ring (bicyclic) bond motifs is 1. The van der Waals surface area contributed by atoms with Gasteiger partial charge in [-0.1, -0.05) is 23.7 Å². The van der Waals surface area contributed by atoms with Gasteiger partial charge in [0.25, 0.3) is 0 Å². The molecule has 27 heavy (non-hydrogen) atoms. The number of benzene rings is 2. The SMILES string of the molecule is CCn1nc(-c2ccc(Cl)cc2)c(O)c1-c1nc2cc(C(=N)N)ccc2[nH]1. The van der Waals surface area contributed by atoms with E-state index in [9.17, 15) is 5.11 Å². The second-order valence-corrected chi connectivity index (χ2v) is 6.54. The Bertz CT molecular complexity index is 1160. The van der Waals surface area contributed by atoms with Crippen molar-refractivity contribution in [1.82, 2.24) is 19.7 Å². The summed E-state index contributed by atoms with van der Waals surface area (Å²) in [6.07, 6.45) is 0. The van der Waals surface area contributed by atoms with Gasteiger partial charge in [-0.15, -0.1) is 0 Å². The van der Waals surface area contributed by atoms with E-state index in [0.29, 0.717) is 39.9 Å². The largest absolute Gasteiger partial charge is 0.504 e. The number of nitrogen functional groups attached to an aromatic ring is 1. The summed E-state index contributed by atoms with van der Waals surface area (Å²) in [4.78, 5) is 7.77. The van der Waals surface area contributed by atoms with E-state index < -0.39 is 0 Å². The molecule has 0 fully saturated rings. The quantitative estimate of drug-likeness (QED) is 0.318. The van der Waals surface area contributed by atoms with Crippen LogP contribution in [0.3, 0.4) is 0 Å². The van der Waals surface area contributed by atoms with Crippen molar-refractivity contribution in [3.63, 3.8) is 0 Å². The molecule has 0 radical (unpaired) electrons. The van der Waals surface area contributed by atoms with Crippen LogP contribution in [-0.2, 0) is 6.54 Å². The molecule has 2 aromatic carbocycles. The van der Waals surface area contributed by atoms with Gasteiger partial charge < -0.3 is 15.8 Å². The minimum atomic E-state index is -0.0204. The number of hydrogen-bond donors (Lipinski definition) is 4. The van der Waals surface area contributed by atoms with Crippen LogP contribution >= 0.6 is 11.6 Å². The molecule has 8 heteroatoms. The van der Waals surface area contributed by atoms with Crippen LogP contribution in [-0.4, -0.2) is 30.7 Å². The molecule has 5 N–H and O–H groups in total. The molecule has 136 valence electrons. The third-order valence-corrected chi connectivity index (χ3v) is 4.61. The average Bonchev–Trinajstić information content (AvgIpc) is 3.21. The number of nitrogens with two attached hydrogens (primary N) is 1. The number of aryl methyl sites for hydroxylation is 1. The van der Waals surface area contributed by atoms with E-state index in [0.717, 1.165) is 11.1 Å². The zero-order valence-corrected chi connectivity index (χ0v) is 15.2. The summed E-state index contributed by atoms with van der Waals surface area (Å²) in [5.74, 6) is 0.524. The van der Waals surface area contributed by atoms with Gasteiger partial charge in [0.2, 0.25) is 0 Å². The van der Waals surface area contributed by atoms with E-state index in [1.807, 2.05) is 25.1 Å². The summed E-state index contributed by atoms with van der Waals surface area (Å²) in [6.45, 7) is 2.50. The number of aromatic hydroxyl groups is 1. The van der Waals surface area contributed by atoms with Crippen LogP contribution in [0.15, 0.2) is 42.5 Å². The van der Waals surface area contributed by atoms with E-state index in [2.05, 4.69) is 15.1 Å². The van der Waals surface area contributed by atoms with Gasteiger partial charge >= 0.3 is 0 Å². The Morgan fingerprint density at radius 1 is 1.26 bits per heavy atom. The van der Waals surface area contributed by atoms with Crippen LogP contribution in [0.4, 0.5) is 0 Å². The Balaban J connectivity index is 1.87. The smallest absolute Gasteiger partial charge is 0.173 e. The van der Waals surface area contributed by atoms with Gasteiger partial charge in [-0.2, -0.15) is 5.10 Å². The van der Waals surface area contributed by atoms with Gasteiger partial charge in [0.05, 0.1) is 11.0 Å². The van der Waals surface area contributed by atoms with Gasteiger partial charge in [0.1, 0.15) is 17.2 Å². The van der Waals surface area contributed by atoms with E-state index >= 15 is 0 Å². The zero-order chi connectivity index (χ0) is 19.1. The number of hydrogen-bond acceptors (Lipinski definition) is 4. The van der Waals surface area contributed by atoms with E-state index in [4.69, 9.17) is 22.7 Å². The highest BCUT2D eigenvalue weighted by Crippen LogP contribution is 2.37. The first kappa shape index (κ1) is 17.1. The molecule has 4 aromatic rings. The molecule has 0 unspecified atom stereocenters. The van der Waals surface area contributed by atoms with Crippen molar-refractivity contribution in [2.45, 2.75) is 13.5 Å². The molecule has 0 amide bonds. The Morgan fingerprint density at radius 3 is 2.67 bits per heavy atom. The lowest BCUT2D eigenvalue weighted by Gasteiger charge is -2.01. The van der Waals surface area contributed by atoms with Crippen molar-refractivity contribution in [3.8, 4) is 28.5 Å². The van der Waals surface area contributed by atoms with Crippen LogP contribution in [0.1, 0.15) is 12.5 Å². The standard InChI is InChI=1S/C19H17ClN6O/c1-2-26-16(17(27)15(25-26)10-3-6-12(20)7-4-10)19-23-13-8-5-11(18(21)22)9-14(13)24-19/h3-9,27H,2H2,1H3,(H3,21,22)(H,23,24). The van der Waals surface area contributed by atoms with Crippen LogP contribution in [0.25, 0.3) is 33.8 Å². The highest BCUT2D eigenvalue weighted by Gasteiger charge is 2.22. The maximum Gasteiger partial charge on any atom is 0.173 e. The molecule has 2 aromatic heterocycles. The van der Waals surface area contributed by atoms with Gasteiger partial charge in [0.15, 0.2) is 11.6 Å². The van der Waals surface area contributed by atoms with Gasteiger partial charge in [-0.25, -0.2) is 4.98 Å². The Hall–Kier alpha value is -3.32. The monoisotopic (exact) mass is 380 g/mol. The zero-order valence-electron chi connectivity index (χ0n) is 14.5. The molecule has 0 saturated heterocycles. The lowest BCUT2D eigenvalue weighted by molar-refractivity contribution is 0.477. The fraction of sp³-hybridized carbons (Fsp3) is 0.105. The second kappa shape index (κ2) is 6.44. The Morgan fingerprint density at radius 2 is 2.00 bits per heavy atom. The summed E-state index contributed by atoms with van der Waals surface area (Å²) in [5.41, 5.74) is 9.32. The molecule has 0 bridgehead atoms. The number of aromatic amines is 1. The fourth-order valence-corrected chi connectivity index (χ4v) is 3.13. The molecule has 7 nitrogen and oxygen atoms in total. The van der Waals surface area contributed by atoms with Gasteiger partial charge in [-0.05, 0) is 37.3 Å². The molecule has 0 atom stereocenters. The first-order valence-corrected chi connectivity index (χ1v) is 8.76. The number of nitrogens with one attached hydrogen (secondary N) is 2. The molecule has 0 spiro atoms. The summed E-state index contributed by atoms with van der Waals surface area (Å²) in [5, 5.41) is 23.6. The molecule has 0 aliphatic heterocycles.